The van der Waals surface area contributed by atoms with E-state index in [9.17, 15) is 44.5 Å². The molecule has 7 nitrogen and oxygen atoms in total. The molecule has 3 rings (SSSR count). The van der Waals surface area contributed by atoms with Gasteiger partial charge < -0.3 is 14.6 Å². The summed E-state index contributed by atoms with van der Waals surface area (Å²) in [5.41, 5.74) is 0.372. The number of rotatable bonds is 6. The number of nitrogens with one attached hydrogen (secondary N) is 1. The first kappa shape index (κ1) is 28.5. The Labute approximate surface area is 231 Å². The molecule has 0 saturated heterocycles. The van der Waals surface area contributed by atoms with Crippen molar-refractivity contribution in [3.63, 3.8) is 0 Å². The van der Waals surface area contributed by atoms with Crippen molar-refractivity contribution in [3.8, 4) is 0 Å². The number of carbonyl (C=O) groups is 2. The van der Waals surface area contributed by atoms with Crippen molar-refractivity contribution in [3.05, 3.63) is 28.4 Å². The lowest BCUT2D eigenvalue weighted by Gasteiger charge is -2.33. The molecule has 0 aromatic heterocycles. The molecule has 2 aliphatic rings. The van der Waals surface area contributed by atoms with E-state index >= 15 is 0 Å². The number of benzene rings is 1. The first-order valence-corrected chi connectivity index (χ1v) is 14.1. The van der Waals surface area contributed by atoms with Gasteiger partial charge in [-0.1, -0.05) is 0 Å². The predicted octanol–water partition coefficient (Wildman–Crippen LogP) is 4.26. The third-order valence-corrected chi connectivity index (χ3v) is 10.4. The fourth-order valence-electron chi connectivity index (χ4n) is 4.42. The van der Waals surface area contributed by atoms with Gasteiger partial charge in [-0.25, -0.2) is 8.42 Å². The van der Waals surface area contributed by atoms with E-state index in [2.05, 4.69) is 32.6 Å². The zero-order chi connectivity index (χ0) is 25.8. The molecule has 190 valence electrons. The molecule has 16 heteroatoms. The summed E-state index contributed by atoms with van der Waals surface area (Å²) in [7, 11) is -6.77. The lowest BCUT2D eigenvalue weighted by molar-refractivity contribution is -0.261. The summed E-state index contributed by atoms with van der Waals surface area (Å²) in [4.78, 5) is 25.3. The Kier molecular flexibility index (Phi) is 8.37. The van der Waals surface area contributed by atoms with Crippen molar-refractivity contribution in [2.45, 2.75) is 42.8 Å². The number of hydrogen-bond donors (Lipinski definition) is 1. The minimum Gasteiger partial charge on any atom is -0.743 e. The highest BCUT2D eigenvalue weighted by molar-refractivity contribution is 14.1. The van der Waals surface area contributed by atoms with Crippen LogP contribution < -0.4 is 5.32 Å². The Hall–Kier alpha value is -0.0900. The minimum atomic E-state index is -6.77. The number of alkyl halides is 5. The van der Waals surface area contributed by atoms with Gasteiger partial charge in [0, 0.05) is 16.8 Å². The van der Waals surface area contributed by atoms with Gasteiger partial charge in [-0.2, -0.15) is 22.0 Å². The maximum atomic E-state index is 13.7. The Morgan fingerprint density at radius 3 is 2.24 bits per heavy atom. The number of fused-ring (bicyclic) bond motifs is 2. The molecule has 2 saturated carbocycles. The molecule has 5 unspecified atom stereocenters. The van der Waals surface area contributed by atoms with Crippen molar-refractivity contribution >= 4 is 89.8 Å². The molecule has 0 radical (unpaired) electrons. The van der Waals surface area contributed by atoms with E-state index in [1.165, 1.54) is 0 Å². The fourth-order valence-corrected chi connectivity index (χ4v) is 7.26. The predicted molar refractivity (Wildman–Crippen MR) is 131 cm³/mol. The summed E-state index contributed by atoms with van der Waals surface area (Å²) in [5.74, 6) is -4.27. The van der Waals surface area contributed by atoms with Crippen LogP contribution in [0.3, 0.4) is 0 Å². The standard InChI is InChI=1S/C18H15F5I3NO6S/c19-17(20,21)16(18(22,23)34(30,31)32)33-15(29)9-2-6-1-8(9)12(3-6)27-14(28)10-4-7(24)5-11(25)13(10)26/h4-6,8-9,12,16H,1-3H2,(H,27,28)(H,30,31,32)/p-1. The smallest absolute Gasteiger partial charge is 0.432 e. The third-order valence-electron chi connectivity index (χ3n) is 5.84. The SMILES string of the molecule is O=C(NC1CC2CC(C(=O)OC(C(F)(F)F)C(F)(F)S(=O)(=O)[O-])C1C2)c1cc(I)cc(I)c1I. The summed E-state index contributed by atoms with van der Waals surface area (Å²) in [6.45, 7) is 0. The second-order valence-electron chi connectivity index (χ2n) is 8.05. The molecule has 2 aliphatic carbocycles. The average Bonchev–Trinajstić information content (AvgIpc) is 3.27. The fraction of sp³-hybridized carbons (Fsp3) is 0.556. The zero-order valence-corrected chi connectivity index (χ0v) is 23.8. The molecule has 5 atom stereocenters. The van der Waals surface area contributed by atoms with Crippen LogP contribution in [0.15, 0.2) is 12.1 Å². The lowest BCUT2D eigenvalue weighted by atomic mass is 9.85. The molecule has 2 bridgehead atoms. The molecule has 1 amide bonds. The molecule has 34 heavy (non-hydrogen) atoms. The number of ether oxygens (including phenoxy) is 1. The average molecular weight is 848 g/mol. The van der Waals surface area contributed by atoms with Gasteiger partial charge in [-0.15, -0.1) is 0 Å². The topological polar surface area (TPSA) is 113 Å². The maximum absolute atomic E-state index is 13.7. The van der Waals surface area contributed by atoms with E-state index in [0.717, 1.165) is 7.14 Å². The van der Waals surface area contributed by atoms with E-state index in [0.29, 0.717) is 22.0 Å². The van der Waals surface area contributed by atoms with Gasteiger partial charge in [-0.05, 0) is 111 Å². The number of amides is 1. The molecular formula is C18H14F5I3NO6S-. The Morgan fingerprint density at radius 1 is 1.09 bits per heavy atom. The van der Waals surface area contributed by atoms with Crippen LogP contribution in [0.5, 0.6) is 0 Å². The lowest BCUT2D eigenvalue weighted by Crippen LogP contribution is -2.53. The summed E-state index contributed by atoms with van der Waals surface area (Å²) in [6, 6.07) is 2.89. The van der Waals surface area contributed by atoms with E-state index in [-0.39, 0.29) is 12.3 Å². The maximum Gasteiger partial charge on any atom is 0.432 e. The van der Waals surface area contributed by atoms with Crippen molar-refractivity contribution < 1.29 is 49.2 Å². The zero-order valence-electron chi connectivity index (χ0n) is 16.5. The van der Waals surface area contributed by atoms with Crippen molar-refractivity contribution in [1.29, 1.82) is 0 Å². The normalized spacial score (nSPS) is 25.8. The Bertz CT molecular complexity index is 1120. The van der Waals surface area contributed by atoms with Crippen LogP contribution in [-0.2, 0) is 19.6 Å². The Morgan fingerprint density at radius 2 is 1.71 bits per heavy atom. The second kappa shape index (κ2) is 9.99. The number of hydrogen-bond acceptors (Lipinski definition) is 6. The highest BCUT2D eigenvalue weighted by Gasteiger charge is 2.64. The van der Waals surface area contributed by atoms with Gasteiger partial charge in [0.05, 0.1) is 11.5 Å². The Balaban J connectivity index is 1.77. The summed E-state index contributed by atoms with van der Waals surface area (Å²) in [6.07, 6.45) is -9.61. The van der Waals surface area contributed by atoms with Crippen LogP contribution in [-0.4, -0.2) is 48.4 Å². The molecule has 1 aromatic rings. The van der Waals surface area contributed by atoms with Gasteiger partial charge in [0.15, 0.2) is 10.1 Å². The molecule has 0 heterocycles. The largest absolute Gasteiger partial charge is 0.743 e. The van der Waals surface area contributed by atoms with Crippen molar-refractivity contribution in [1.82, 2.24) is 5.32 Å². The quantitative estimate of drug-likeness (QED) is 0.151. The number of halogens is 8. The number of carbonyl (C=O) groups excluding carboxylic acids is 2. The summed E-state index contributed by atoms with van der Waals surface area (Å²) >= 11 is 6.10. The van der Waals surface area contributed by atoms with Gasteiger partial charge in [-0.3, -0.25) is 9.59 Å². The van der Waals surface area contributed by atoms with Crippen molar-refractivity contribution in [2.75, 3.05) is 0 Å². The van der Waals surface area contributed by atoms with Crippen LogP contribution in [0.25, 0.3) is 0 Å². The van der Waals surface area contributed by atoms with Crippen LogP contribution in [0.1, 0.15) is 29.6 Å². The molecule has 1 N–H and O–H groups in total. The van der Waals surface area contributed by atoms with Gasteiger partial charge in [0.1, 0.15) is 0 Å². The molecular weight excluding hydrogens is 834 g/mol. The van der Waals surface area contributed by atoms with E-state index in [4.69, 9.17) is 0 Å². The van der Waals surface area contributed by atoms with E-state index in [1.54, 1.807) is 6.07 Å². The monoisotopic (exact) mass is 848 g/mol. The van der Waals surface area contributed by atoms with Gasteiger partial charge in [0.2, 0.25) is 0 Å². The summed E-state index contributed by atoms with van der Waals surface area (Å²) in [5, 5.41) is -3.13. The highest BCUT2D eigenvalue weighted by Crippen LogP contribution is 2.50. The van der Waals surface area contributed by atoms with Crippen LogP contribution in [0.4, 0.5) is 22.0 Å². The van der Waals surface area contributed by atoms with Gasteiger partial charge >= 0.3 is 17.4 Å². The highest BCUT2D eigenvalue weighted by atomic mass is 127. The van der Waals surface area contributed by atoms with E-state index < -0.39 is 57.4 Å². The van der Waals surface area contributed by atoms with Crippen molar-refractivity contribution in [2.24, 2.45) is 17.8 Å². The molecule has 2 fully saturated rings. The molecule has 1 aromatic carbocycles. The van der Waals surface area contributed by atoms with Crippen LogP contribution >= 0.6 is 67.8 Å². The first-order valence-electron chi connectivity index (χ1n) is 9.49. The minimum absolute atomic E-state index is 0.0365. The van der Waals surface area contributed by atoms with Crippen LogP contribution in [0, 0.1) is 28.5 Å². The second-order valence-corrected chi connectivity index (χ2v) is 13.0. The first-order chi connectivity index (χ1) is 15.4. The van der Waals surface area contributed by atoms with Gasteiger partial charge in [0.25, 0.3) is 12.0 Å². The molecule has 0 aliphatic heterocycles. The molecule has 0 spiro atoms. The third kappa shape index (κ3) is 5.74. The van der Waals surface area contributed by atoms with Crippen LogP contribution in [0.2, 0.25) is 0 Å². The number of esters is 1. The van der Waals surface area contributed by atoms with E-state index in [1.807, 2.05) is 51.2 Å². The summed E-state index contributed by atoms with van der Waals surface area (Å²) < 4.78 is 105.